The monoisotopic (exact) mass is 462 g/mol. The summed E-state index contributed by atoms with van der Waals surface area (Å²) in [6.45, 7) is 3.62. The van der Waals surface area contributed by atoms with Crippen LogP contribution in [0.25, 0.3) is 0 Å². The Kier molecular flexibility index (Phi) is 10.4. The first-order valence-corrected chi connectivity index (χ1v) is 8.73. The zero-order chi connectivity index (χ0) is 17.2. The first-order chi connectivity index (χ1) is 11.7. The van der Waals surface area contributed by atoms with Crippen molar-refractivity contribution in [2.45, 2.75) is 51.6 Å². The lowest BCUT2D eigenvalue weighted by atomic mass is 10.2. The van der Waals surface area contributed by atoms with Gasteiger partial charge in [0.15, 0.2) is 5.96 Å². The Morgan fingerprint density at radius 1 is 1.28 bits per heavy atom. The van der Waals surface area contributed by atoms with E-state index in [1.165, 1.54) is 25.0 Å². The summed E-state index contributed by atoms with van der Waals surface area (Å²) in [4.78, 5) is 16.3. The summed E-state index contributed by atoms with van der Waals surface area (Å²) >= 11 is 0. The molecule has 0 atom stereocenters. The van der Waals surface area contributed by atoms with Crippen molar-refractivity contribution in [3.8, 4) is 0 Å². The van der Waals surface area contributed by atoms with E-state index in [9.17, 15) is 9.18 Å². The quantitative estimate of drug-likeness (QED) is 0.332. The van der Waals surface area contributed by atoms with Gasteiger partial charge in [-0.2, -0.15) is 0 Å². The minimum atomic E-state index is -0.260. The van der Waals surface area contributed by atoms with Crippen molar-refractivity contribution in [2.24, 2.45) is 4.99 Å². The Labute approximate surface area is 166 Å². The summed E-state index contributed by atoms with van der Waals surface area (Å²) in [5.41, 5.74) is 0.811. The van der Waals surface area contributed by atoms with Crippen LogP contribution in [0.5, 0.6) is 0 Å². The number of halogens is 2. The van der Waals surface area contributed by atoms with Crippen LogP contribution in [0.4, 0.5) is 4.39 Å². The second kappa shape index (κ2) is 12.1. The maximum Gasteiger partial charge on any atom is 0.221 e. The Bertz CT molecular complexity index is 562. The predicted molar refractivity (Wildman–Crippen MR) is 110 cm³/mol. The second-order valence-corrected chi connectivity index (χ2v) is 6.05. The molecule has 0 heterocycles. The summed E-state index contributed by atoms with van der Waals surface area (Å²) in [5, 5.41) is 9.34. The number of carbonyl (C=O) groups excluding carboxylic acids is 1. The number of rotatable bonds is 7. The highest BCUT2D eigenvalue weighted by atomic mass is 127. The van der Waals surface area contributed by atoms with Crippen LogP contribution in [0.3, 0.4) is 0 Å². The van der Waals surface area contributed by atoms with Crippen LogP contribution in [0.15, 0.2) is 29.3 Å². The van der Waals surface area contributed by atoms with E-state index >= 15 is 0 Å². The van der Waals surface area contributed by atoms with Gasteiger partial charge in [0.05, 0.1) is 6.54 Å². The molecule has 3 N–H and O–H groups in total. The fraction of sp³-hybridized carbons (Fsp3) is 0.556. The SMILES string of the molecule is CCNC(=NCc1cccc(F)c1)NCCC(=O)NC1CCCC1.I. The first kappa shape index (κ1) is 21.7. The first-order valence-electron chi connectivity index (χ1n) is 8.73. The van der Waals surface area contributed by atoms with Gasteiger partial charge >= 0.3 is 0 Å². The third-order valence-electron chi connectivity index (χ3n) is 4.02. The molecule has 1 fully saturated rings. The molecule has 25 heavy (non-hydrogen) atoms. The normalized spacial score (nSPS) is 14.7. The third kappa shape index (κ3) is 8.51. The smallest absolute Gasteiger partial charge is 0.221 e. The van der Waals surface area contributed by atoms with Crippen molar-refractivity contribution in [3.05, 3.63) is 35.6 Å². The summed E-state index contributed by atoms with van der Waals surface area (Å²) in [5.74, 6) is 0.454. The zero-order valence-corrected chi connectivity index (χ0v) is 17.0. The molecule has 1 amide bonds. The number of nitrogens with one attached hydrogen (secondary N) is 3. The molecule has 1 aliphatic carbocycles. The van der Waals surface area contributed by atoms with Crippen molar-refractivity contribution in [3.63, 3.8) is 0 Å². The number of carbonyl (C=O) groups is 1. The van der Waals surface area contributed by atoms with E-state index in [0.29, 0.717) is 31.5 Å². The highest BCUT2D eigenvalue weighted by Gasteiger charge is 2.16. The molecule has 0 aliphatic heterocycles. The van der Waals surface area contributed by atoms with E-state index in [2.05, 4.69) is 20.9 Å². The van der Waals surface area contributed by atoms with Gasteiger partial charge in [-0.05, 0) is 37.5 Å². The maximum atomic E-state index is 13.2. The minimum Gasteiger partial charge on any atom is -0.357 e. The van der Waals surface area contributed by atoms with Gasteiger partial charge in [0, 0.05) is 25.6 Å². The predicted octanol–water partition coefficient (Wildman–Crippen LogP) is 2.95. The summed E-state index contributed by atoms with van der Waals surface area (Å²) < 4.78 is 13.2. The molecule has 0 spiro atoms. The molecule has 0 saturated heterocycles. The Morgan fingerprint density at radius 3 is 2.72 bits per heavy atom. The van der Waals surface area contributed by atoms with Gasteiger partial charge in [-0.15, -0.1) is 24.0 Å². The van der Waals surface area contributed by atoms with Crippen molar-refractivity contribution >= 4 is 35.8 Å². The molecular formula is C18H28FIN4O. The molecule has 0 aromatic heterocycles. The lowest BCUT2D eigenvalue weighted by molar-refractivity contribution is -0.121. The molecule has 1 aliphatic rings. The molecule has 0 radical (unpaired) electrons. The number of nitrogens with zero attached hydrogens (tertiary/aromatic N) is 1. The fourth-order valence-corrected chi connectivity index (χ4v) is 2.81. The van der Waals surface area contributed by atoms with Gasteiger partial charge < -0.3 is 16.0 Å². The molecule has 7 heteroatoms. The van der Waals surface area contributed by atoms with E-state index in [4.69, 9.17) is 0 Å². The Balaban J connectivity index is 0.00000312. The number of amides is 1. The van der Waals surface area contributed by atoms with Crippen LogP contribution in [-0.2, 0) is 11.3 Å². The van der Waals surface area contributed by atoms with Crippen LogP contribution in [-0.4, -0.2) is 31.0 Å². The molecule has 0 bridgehead atoms. The maximum absolute atomic E-state index is 13.2. The summed E-state index contributed by atoms with van der Waals surface area (Å²) in [6, 6.07) is 6.76. The lowest BCUT2D eigenvalue weighted by Crippen LogP contribution is -2.40. The van der Waals surface area contributed by atoms with Gasteiger partial charge in [-0.25, -0.2) is 9.38 Å². The second-order valence-electron chi connectivity index (χ2n) is 6.05. The Morgan fingerprint density at radius 2 is 2.04 bits per heavy atom. The van der Waals surface area contributed by atoms with E-state index in [0.717, 1.165) is 24.9 Å². The Hall–Kier alpha value is -1.38. The molecule has 0 unspecified atom stereocenters. The zero-order valence-electron chi connectivity index (χ0n) is 14.7. The van der Waals surface area contributed by atoms with E-state index < -0.39 is 0 Å². The molecule has 1 aromatic carbocycles. The molecule has 2 rings (SSSR count). The number of hydrogen-bond donors (Lipinski definition) is 3. The van der Waals surface area contributed by atoms with E-state index in [1.54, 1.807) is 6.07 Å². The van der Waals surface area contributed by atoms with Crippen LogP contribution < -0.4 is 16.0 Å². The van der Waals surface area contributed by atoms with Crippen molar-refractivity contribution in [1.29, 1.82) is 0 Å². The van der Waals surface area contributed by atoms with Gasteiger partial charge in [-0.1, -0.05) is 25.0 Å². The standard InChI is InChI=1S/C18H27FN4O.HI/c1-2-20-18(22-13-14-6-5-7-15(19)12-14)21-11-10-17(24)23-16-8-3-4-9-16;/h5-7,12,16H,2-4,8-11,13H2,1H3,(H,23,24)(H2,20,21,22);1H. The summed E-state index contributed by atoms with van der Waals surface area (Å²) in [6.07, 6.45) is 5.02. The molecular weight excluding hydrogens is 434 g/mol. The number of hydrogen-bond acceptors (Lipinski definition) is 2. The van der Waals surface area contributed by atoms with Crippen molar-refractivity contribution in [1.82, 2.24) is 16.0 Å². The fourth-order valence-electron chi connectivity index (χ4n) is 2.81. The number of guanidine groups is 1. The van der Waals surface area contributed by atoms with Gasteiger partial charge in [-0.3, -0.25) is 4.79 Å². The highest BCUT2D eigenvalue weighted by molar-refractivity contribution is 14.0. The van der Waals surface area contributed by atoms with Crippen LogP contribution in [0, 0.1) is 5.82 Å². The topological polar surface area (TPSA) is 65.5 Å². The minimum absolute atomic E-state index is 0. The van der Waals surface area contributed by atoms with Crippen LogP contribution >= 0.6 is 24.0 Å². The molecule has 140 valence electrons. The van der Waals surface area contributed by atoms with Crippen LogP contribution in [0.2, 0.25) is 0 Å². The van der Waals surface area contributed by atoms with E-state index in [1.807, 2.05) is 13.0 Å². The largest absolute Gasteiger partial charge is 0.357 e. The number of aliphatic imine (C=N–C) groups is 1. The third-order valence-corrected chi connectivity index (χ3v) is 4.02. The van der Waals surface area contributed by atoms with Crippen molar-refractivity contribution < 1.29 is 9.18 Å². The van der Waals surface area contributed by atoms with Gasteiger partial charge in [0.2, 0.25) is 5.91 Å². The average Bonchev–Trinajstić information content (AvgIpc) is 3.05. The van der Waals surface area contributed by atoms with Gasteiger partial charge in [0.25, 0.3) is 0 Å². The van der Waals surface area contributed by atoms with Gasteiger partial charge in [0.1, 0.15) is 5.82 Å². The van der Waals surface area contributed by atoms with Crippen LogP contribution in [0.1, 0.15) is 44.6 Å². The number of benzene rings is 1. The molecule has 5 nitrogen and oxygen atoms in total. The average molecular weight is 462 g/mol. The summed E-state index contributed by atoms with van der Waals surface area (Å²) in [7, 11) is 0. The molecule has 1 saturated carbocycles. The molecule has 1 aromatic rings. The highest BCUT2D eigenvalue weighted by Crippen LogP contribution is 2.17. The van der Waals surface area contributed by atoms with Crippen molar-refractivity contribution in [2.75, 3.05) is 13.1 Å². The lowest BCUT2D eigenvalue weighted by Gasteiger charge is -2.14. The van der Waals surface area contributed by atoms with E-state index in [-0.39, 0.29) is 35.7 Å².